The minimum atomic E-state index is -0.911. The first-order valence-electron chi connectivity index (χ1n) is 4.40. The first-order valence-corrected chi connectivity index (χ1v) is 4.40. The molecule has 0 bridgehead atoms. The van der Waals surface area contributed by atoms with Crippen LogP contribution in [0, 0.1) is 0 Å². The SMILES string of the molecule is CN1CCNCC1COCC(=O)O. The Labute approximate surface area is 77.7 Å². The Balaban J connectivity index is 2.15. The summed E-state index contributed by atoms with van der Waals surface area (Å²) in [6.45, 7) is 3.13. The van der Waals surface area contributed by atoms with Crippen LogP contribution in [-0.4, -0.2) is 61.9 Å². The van der Waals surface area contributed by atoms with E-state index in [-0.39, 0.29) is 6.61 Å². The second-order valence-corrected chi connectivity index (χ2v) is 3.25. The van der Waals surface area contributed by atoms with Crippen LogP contribution in [0.3, 0.4) is 0 Å². The number of nitrogens with zero attached hydrogens (tertiary/aromatic N) is 1. The second kappa shape index (κ2) is 5.16. The average Bonchev–Trinajstić information content (AvgIpc) is 2.08. The predicted octanol–water partition coefficient (Wildman–Crippen LogP) is -1.01. The van der Waals surface area contributed by atoms with E-state index in [1.165, 1.54) is 0 Å². The molecule has 1 saturated heterocycles. The lowest BCUT2D eigenvalue weighted by atomic mass is 10.2. The maximum absolute atomic E-state index is 10.2. The number of hydrogen-bond acceptors (Lipinski definition) is 4. The van der Waals surface area contributed by atoms with Crippen molar-refractivity contribution in [3.63, 3.8) is 0 Å². The van der Waals surface area contributed by atoms with E-state index in [0.717, 1.165) is 19.6 Å². The molecule has 0 aliphatic carbocycles. The summed E-state index contributed by atoms with van der Waals surface area (Å²) in [5, 5.41) is 11.6. The molecule has 1 atom stereocenters. The van der Waals surface area contributed by atoms with Gasteiger partial charge in [-0.3, -0.25) is 4.90 Å². The zero-order valence-electron chi connectivity index (χ0n) is 7.82. The molecule has 1 rings (SSSR count). The number of piperazine rings is 1. The van der Waals surface area contributed by atoms with Gasteiger partial charge in [0.05, 0.1) is 6.61 Å². The highest BCUT2D eigenvalue weighted by Gasteiger charge is 2.18. The summed E-state index contributed by atoms with van der Waals surface area (Å²) in [5.41, 5.74) is 0. The molecule has 0 radical (unpaired) electrons. The summed E-state index contributed by atoms with van der Waals surface area (Å²) in [4.78, 5) is 12.3. The van der Waals surface area contributed by atoms with Crippen LogP contribution in [0.2, 0.25) is 0 Å². The molecule has 1 heterocycles. The van der Waals surface area contributed by atoms with Gasteiger partial charge in [0.2, 0.25) is 0 Å². The largest absolute Gasteiger partial charge is 0.480 e. The molecule has 1 unspecified atom stereocenters. The molecular formula is C8H16N2O3. The van der Waals surface area contributed by atoms with E-state index >= 15 is 0 Å². The quantitative estimate of drug-likeness (QED) is 0.592. The van der Waals surface area contributed by atoms with Crippen molar-refractivity contribution in [1.29, 1.82) is 0 Å². The Hall–Kier alpha value is -0.650. The molecule has 0 aromatic heterocycles. The van der Waals surface area contributed by atoms with Gasteiger partial charge in [0.1, 0.15) is 6.61 Å². The molecule has 0 amide bonds. The first-order chi connectivity index (χ1) is 6.20. The minimum Gasteiger partial charge on any atom is -0.480 e. The molecular weight excluding hydrogens is 172 g/mol. The molecule has 0 aromatic rings. The van der Waals surface area contributed by atoms with E-state index in [4.69, 9.17) is 9.84 Å². The summed E-state index contributed by atoms with van der Waals surface area (Å²) in [5.74, 6) is -0.911. The Bertz CT molecular complexity index is 175. The van der Waals surface area contributed by atoms with Gasteiger partial charge in [0.25, 0.3) is 0 Å². The second-order valence-electron chi connectivity index (χ2n) is 3.25. The Morgan fingerprint density at radius 3 is 3.15 bits per heavy atom. The minimum absolute atomic E-state index is 0.204. The van der Waals surface area contributed by atoms with Crippen LogP contribution in [0.25, 0.3) is 0 Å². The number of carboxylic acid groups (broad SMARTS) is 1. The Morgan fingerprint density at radius 2 is 2.54 bits per heavy atom. The molecule has 5 heteroatoms. The van der Waals surface area contributed by atoms with Gasteiger partial charge in [0, 0.05) is 25.7 Å². The maximum Gasteiger partial charge on any atom is 0.329 e. The van der Waals surface area contributed by atoms with Crippen molar-refractivity contribution < 1.29 is 14.6 Å². The number of nitrogens with one attached hydrogen (secondary N) is 1. The van der Waals surface area contributed by atoms with Crippen LogP contribution in [-0.2, 0) is 9.53 Å². The van der Waals surface area contributed by atoms with Crippen molar-refractivity contribution in [2.24, 2.45) is 0 Å². The van der Waals surface area contributed by atoms with Crippen LogP contribution in [0.5, 0.6) is 0 Å². The molecule has 2 N–H and O–H groups in total. The zero-order valence-corrected chi connectivity index (χ0v) is 7.82. The Morgan fingerprint density at radius 1 is 1.77 bits per heavy atom. The van der Waals surface area contributed by atoms with Crippen molar-refractivity contribution in [3.05, 3.63) is 0 Å². The van der Waals surface area contributed by atoms with E-state index in [0.29, 0.717) is 12.6 Å². The smallest absolute Gasteiger partial charge is 0.329 e. The molecule has 0 saturated carbocycles. The number of aliphatic carboxylic acids is 1. The fourth-order valence-corrected chi connectivity index (χ4v) is 1.33. The highest BCUT2D eigenvalue weighted by atomic mass is 16.5. The van der Waals surface area contributed by atoms with Crippen molar-refractivity contribution in [2.75, 3.05) is 39.9 Å². The molecule has 76 valence electrons. The van der Waals surface area contributed by atoms with Gasteiger partial charge in [-0.05, 0) is 7.05 Å². The first kappa shape index (κ1) is 10.4. The highest BCUT2D eigenvalue weighted by Crippen LogP contribution is 1.99. The lowest BCUT2D eigenvalue weighted by Gasteiger charge is -2.32. The number of carbonyl (C=O) groups is 1. The standard InChI is InChI=1S/C8H16N2O3/c1-10-3-2-9-4-7(10)5-13-6-8(11)12/h7,9H,2-6H2,1H3,(H,11,12). The molecule has 1 aliphatic rings. The molecule has 0 aromatic carbocycles. The topological polar surface area (TPSA) is 61.8 Å². The van der Waals surface area contributed by atoms with E-state index in [9.17, 15) is 4.79 Å². The van der Waals surface area contributed by atoms with Crippen LogP contribution < -0.4 is 5.32 Å². The summed E-state index contributed by atoms with van der Waals surface area (Å²) in [6, 6.07) is 0.299. The van der Waals surface area contributed by atoms with Gasteiger partial charge in [-0.15, -0.1) is 0 Å². The van der Waals surface area contributed by atoms with E-state index in [2.05, 4.69) is 10.2 Å². The summed E-state index contributed by atoms with van der Waals surface area (Å²) in [6.07, 6.45) is 0. The van der Waals surface area contributed by atoms with Crippen molar-refractivity contribution in [3.8, 4) is 0 Å². The van der Waals surface area contributed by atoms with Crippen molar-refractivity contribution in [2.45, 2.75) is 6.04 Å². The third-order valence-corrected chi connectivity index (χ3v) is 2.18. The monoisotopic (exact) mass is 188 g/mol. The van der Waals surface area contributed by atoms with E-state index < -0.39 is 5.97 Å². The average molecular weight is 188 g/mol. The maximum atomic E-state index is 10.2. The van der Waals surface area contributed by atoms with Gasteiger partial charge < -0.3 is 15.2 Å². The summed E-state index contributed by atoms with van der Waals surface area (Å²) < 4.78 is 5.02. The van der Waals surface area contributed by atoms with E-state index in [1.54, 1.807) is 0 Å². The van der Waals surface area contributed by atoms with Gasteiger partial charge in [-0.1, -0.05) is 0 Å². The number of rotatable bonds is 4. The predicted molar refractivity (Wildman–Crippen MR) is 47.7 cm³/mol. The fraction of sp³-hybridized carbons (Fsp3) is 0.875. The third kappa shape index (κ3) is 3.71. The van der Waals surface area contributed by atoms with Gasteiger partial charge >= 0.3 is 5.97 Å². The van der Waals surface area contributed by atoms with Gasteiger partial charge in [-0.2, -0.15) is 0 Å². The van der Waals surface area contributed by atoms with Crippen LogP contribution >= 0.6 is 0 Å². The van der Waals surface area contributed by atoms with Crippen molar-refractivity contribution >= 4 is 5.97 Å². The van der Waals surface area contributed by atoms with Crippen LogP contribution in [0.4, 0.5) is 0 Å². The Kier molecular flexibility index (Phi) is 4.14. The van der Waals surface area contributed by atoms with E-state index in [1.807, 2.05) is 7.05 Å². The normalized spacial score (nSPS) is 24.5. The summed E-state index contributed by atoms with van der Waals surface area (Å²) in [7, 11) is 2.02. The lowest BCUT2D eigenvalue weighted by molar-refractivity contribution is -0.142. The molecule has 13 heavy (non-hydrogen) atoms. The number of ether oxygens (including phenoxy) is 1. The van der Waals surface area contributed by atoms with Crippen LogP contribution in [0.1, 0.15) is 0 Å². The van der Waals surface area contributed by atoms with Gasteiger partial charge in [-0.25, -0.2) is 4.79 Å². The molecule has 1 aliphatic heterocycles. The zero-order chi connectivity index (χ0) is 9.68. The molecule has 5 nitrogen and oxygen atoms in total. The highest BCUT2D eigenvalue weighted by molar-refractivity contribution is 5.67. The lowest BCUT2D eigenvalue weighted by Crippen LogP contribution is -2.51. The third-order valence-electron chi connectivity index (χ3n) is 2.18. The number of likely N-dealkylation sites (N-methyl/N-ethyl adjacent to an activating group) is 1. The summed E-state index contributed by atoms with van der Waals surface area (Å²) >= 11 is 0. The number of hydrogen-bond donors (Lipinski definition) is 2. The van der Waals surface area contributed by atoms with Crippen LogP contribution in [0.15, 0.2) is 0 Å². The number of carboxylic acids is 1. The fourth-order valence-electron chi connectivity index (χ4n) is 1.33. The molecule has 1 fully saturated rings. The molecule has 0 spiro atoms. The van der Waals surface area contributed by atoms with Gasteiger partial charge in [0.15, 0.2) is 0 Å². The van der Waals surface area contributed by atoms with Crippen molar-refractivity contribution in [1.82, 2.24) is 10.2 Å².